The molecule has 118 valence electrons. The van der Waals surface area contributed by atoms with Gasteiger partial charge in [-0.25, -0.2) is 0 Å². The number of rotatable bonds is 6. The smallest absolute Gasteiger partial charge is 0.249 e. The van der Waals surface area contributed by atoms with Crippen molar-refractivity contribution < 1.29 is 9.52 Å². The van der Waals surface area contributed by atoms with Gasteiger partial charge in [-0.05, 0) is 44.0 Å². The second-order valence-electron chi connectivity index (χ2n) is 5.73. The molecule has 2 aromatic rings. The van der Waals surface area contributed by atoms with Crippen LogP contribution in [0, 0.1) is 5.92 Å². The van der Waals surface area contributed by atoms with Gasteiger partial charge in [-0.3, -0.25) is 4.90 Å². The molecule has 0 spiro atoms. The first kappa shape index (κ1) is 15.7. The third kappa shape index (κ3) is 3.79. The maximum absolute atomic E-state index is 9.94. The first-order valence-electron chi connectivity index (χ1n) is 7.17. The Morgan fingerprint density at radius 3 is 2.82 bits per heavy atom. The number of nitrogens with zero attached hydrogens (tertiary/aromatic N) is 3. The van der Waals surface area contributed by atoms with Gasteiger partial charge in [-0.1, -0.05) is 23.2 Å². The monoisotopic (exact) mass is 341 g/mol. The summed E-state index contributed by atoms with van der Waals surface area (Å²) in [6.07, 6.45) is 1.96. The summed E-state index contributed by atoms with van der Waals surface area (Å²) in [6, 6.07) is 5.12. The Morgan fingerprint density at radius 1 is 1.36 bits per heavy atom. The molecule has 1 unspecified atom stereocenters. The third-order valence-corrected chi connectivity index (χ3v) is 4.25. The van der Waals surface area contributed by atoms with Crippen molar-refractivity contribution in [2.45, 2.75) is 25.5 Å². The van der Waals surface area contributed by atoms with E-state index in [1.54, 1.807) is 18.2 Å². The third-order valence-electron chi connectivity index (χ3n) is 3.70. The van der Waals surface area contributed by atoms with Crippen molar-refractivity contribution in [3.05, 3.63) is 34.1 Å². The largest absolute Gasteiger partial charge is 0.419 e. The molecule has 3 rings (SSSR count). The summed E-state index contributed by atoms with van der Waals surface area (Å²) in [6.45, 7) is 1.09. The molecular formula is C15H17Cl2N3O2. The molecule has 1 atom stereocenters. The van der Waals surface area contributed by atoms with Crippen LogP contribution < -0.4 is 0 Å². The second kappa shape index (κ2) is 6.54. The molecular weight excluding hydrogens is 325 g/mol. The fraction of sp³-hybridized carbons (Fsp3) is 0.467. The predicted molar refractivity (Wildman–Crippen MR) is 84.8 cm³/mol. The summed E-state index contributed by atoms with van der Waals surface area (Å²) >= 11 is 12.0. The zero-order valence-corrected chi connectivity index (χ0v) is 13.7. The minimum absolute atomic E-state index is 0.280. The molecule has 0 saturated heterocycles. The van der Waals surface area contributed by atoms with E-state index in [4.69, 9.17) is 27.6 Å². The molecule has 1 fully saturated rings. The number of aromatic nitrogens is 2. The number of likely N-dealkylation sites (N-methyl/N-ethyl adjacent to an activating group) is 1. The van der Waals surface area contributed by atoms with E-state index < -0.39 is 0 Å². The molecule has 0 bridgehead atoms. The summed E-state index contributed by atoms with van der Waals surface area (Å²) in [7, 11) is 1.92. The lowest BCUT2D eigenvalue weighted by Crippen LogP contribution is -2.30. The molecule has 1 aliphatic carbocycles. The number of benzene rings is 1. The number of aliphatic hydroxyl groups is 1. The van der Waals surface area contributed by atoms with Crippen molar-refractivity contribution >= 4 is 23.2 Å². The highest BCUT2D eigenvalue weighted by molar-refractivity contribution is 6.36. The first-order valence-corrected chi connectivity index (χ1v) is 7.93. The molecule has 0 radical (unpaired) electrons. The van der Waals surface area contributed by atoms with Crippen LogP contribution in [0.2, 0.25) is 10.0 Å². The van der Waals surface area contributed by atoms with E-state index in [1.807, 2.05) is 11.9 Å². The Kier molecular flexibility index (Phi) is 4.68. The molecule has 0 amide bonds. The fourth-order valence-corrected chi connectivity index (χ4v) is 2.82. The molecule has 7 heteroatoms. The lowest BCUT2D eigenvalue weighted by Gasteiger charge is -2.18. The molecule has 1 aromatic heterocycles. The number of aliphatic hydroxyl groups excluding tert-OH is 1. The molecule has 0 aliphatic heterocycles. The zero-order valence-electron chi connectivity index (χ0n) is 12.2. The van der Waals surface area contributed by atoms with Gasteiger partial charge in [0.05, 0.1) is 23.2 Å². The van der Waals surface area contributed by atoms with Crippen LogP contribution in [0.4, 0.5) is 0 Å². The van der Waals surface area contributed by atoms with Gasteiger partial charge in [0.2, 0.25) is 11.8 Å². The van der Waals surface area contributed by atoms with Crippen molar-refractivity contribution in [2.24, 2.45) is 5.92 Å². The van der Waals surface area contributed by atoms with Crippen LogP contribution in [0.3, 0.4) is 0 Å². The Hall–Kier alpha value is -1.14. The molecule has 22 heavy (non-hydrogen) atoms. The maximum atomic E-state index is 9.94. The predicted octanol–water partition coefficient (Wildman–Crippen LogP) is 3.25. The van der Waals surface area contributed by atoms with Crippen LogP contribution in [0.5, 0.6) is 0 Å². The van der Waals surface area contributed by atoms with Gasteiger partial charge in [0.15, 0.2) is 0 Å². The van der Waals surface area contributed by atoms with Gasteiger partial charge >= 0.3 is 0 Å². The summed E-state index contributed by atoms with van der Waals surface area (Å²) in [5, 5.41) is 19.0. The number of halogens is 2. The normalized spacial score (nSPS) is 16.2. The Morgan fingerprint density at radius 2 is 2.14 bits per heavy atom. The number of hydrogen-bond donors (Lipinski definition) is 1. The molecule has 1 aromatic carbocycles. The van der Waals surface area contributed by atoms with Crippen molar-refractivity contribution in [2.75, 3.05) is 13.6 Å². The lowest BCUT2D eigenvalue weighted by molar-refractivity contribution is 0.100. The van der Waals surface area contributed by atoms with E-state index in [1.165, 1.54) is 0 Å². The Labute approximate surface area is 138 Å². The van der Waals surface area contributed by atoms with Crippen LogP contribution in [-0.4, -0.2) is 39.9 Å². The van der Waals surface area contributed by atoms with Crippen LogP contribution in [0.15, 0.2) is 22.6 Å². The van der Waals surface area contributed by atoms with Gasteiger partial charge in [0.1, 0.15) is 0 Å². The lowest BCUT2D eigenvalue weighted by atomic mass is 10.2. The Balaban J connectivity index is 1.65. The van der Waals surface area contributed by atoms with Crippen molar-refractivity contribution in [3.63, 3.8) is 0 Å². The van der Waals surface area contributed by atoms with E-state index in [9.17, 15) is 5.11 Å². The molecule has 1 N–H and O–H groups in total. The zero-order chi connectivity index (χ0) is 15.7. The molecule has 5 nitrogen and oxygen atoms in total. The minimum atomic E-state index is -0.280. The van der Waals surface area contributed by atoms with Crippen LogP contribution >= 0.6 is 23.2 Å². The standard InChI is InChI=1S/C15H17Cl2N3O2/c1-20(7-13(21)9-2-3-9)8-14-18-19-15(22-14)11-5-4-10(16)6-12(11)17/h4-6,9,13,21H,2-3,7-8H2,1H3. The highest BCUT2D eigenvalue weighted by Crippen LogP contribution is 2.33. The highest BCUT2D eigenvalue weighted by atomic mass is 35.5. The van der Waals surface area contributed by atoms with Crippen LogP contribution in [-0.2, 0) is 6.54 Å². The van der Waals surface area contributed by atoms with Gasteiger partial charge in [0.25, 0.3) is 0 Å². The molecule has 1 aliphatic rings. The van der Waals surface area contributed by atoms with E-state index in [0.717, 1.165) is 12.8 Å². The van der Waals surface area contributed by atoms with Crippen molar-refractivity contribution in [3.8, 4) is 11.5 Å². The van der Waals surface area contributed by atoms with E-state index in [0.29, 0.717) is 46.4 Å². The quantitative estimate of drug-likeness (QED) is 0.873. The highest BCUT2D eigenvalue weighted by Gasteiger charge is 2.30. The van der Waals surface area contributed by atoms with E-state index in [2.05, 4.69) is 10.2 Å². The summed E-state index contributed by atoms with van der Waals surface area (Å²) in [5.41, 5.74) is 0.658. The maximum Gasteiger partial charge on any atom is 0.249 e. The van der Waals surface area contributed by atoms with Gasteiger partial charge in [-0.15, -0.1) is 10.2 Å². The second-order valence-corrected chi connectivity index (χ2v) is 6.57. The molecule has 1 saturated carbocycles. The van der Waals surface area contributed by atoms with Crippen LogP contribution in [0.25, 0.3) is 11.5 Å². The average Bonchev–Trinajstić information content (AvgIpc) is 3.20. The summed E-state index contributed by atoms with van der Waals surface area (Å²) in [5.74, 6) is 1.31. The first-order chi connectivity index (χ1) is 10.5. The average molecular weight is 342 g/mol. The van der Waals surface area contributed by atoms with E-state index in [-0.39, 0.29) is 6.10 Å². The molecule has 1 heterocycles. The minimum Gasteiger partial charge on any atom is -0.419 e. The Bertz CT molecular complexity index is 658. The van der Waals surface area contributed by atoms with Crippen molar-refractivity contribution in [1.82, 2.24) is 15.1 Å². The van der Waals surface area contributed by atoms with Gasteiger partial charge < -0.3 is 9.52 Å². The summed E-state index contributed by atoms with van der Waals surface area (Å²) in [4.78, 5) is 1.98. The topological polar surface area (TPSA) is 62.4 Å². The number of hydrogen-bond acceptors (Lipinski definition) is 5. The fourth-order valence-electron chi connectivity index (χ4n) is 2.33. The SMILES string of the molecule is CN(Cc1nnc(-c2ccc(Cl)cc2Cl)o1)CC(O)C1CC1. The van der Waals surface area contributed by atoms with Gasteiger partial charge in [-0.2, -0.15) is 0 Å². The van der Waals surface area contributed by atoms with Gasteiger partial charge in [0, 0.05) is 11.6 Å². The van der Waals surface area contributed by atoms with Crippen molar-refractivity contribution in [1.29, 1.82) is 0 Å². The van der Waals surface area contributed by atoms with Crippen LogP contribution in [0.1, 0.15) is 18.7 Å². The summed E-state index contributed by atoms with van der Waals surface area (Å²) < 4.78 is 5.65. The van der Waals surface area contributed by atoms with E-state index >= 15 is 0 Å².